The average Bonchev–Trinajstić information content (AvgIpc) is 3.26. The quantitative estimate of drug-likeness (QED) is 0.526. The monoisotopic (exact) mass is 358 g/mol. The van der Waals surface area contributed by atoms with Crippen LogP contribution >= 0.6 is 0 Å². The van der Waals surface area contributed by atoms with Crippen molar-refractivity contribution in [1.82, 2.24) is 19.4 Å². The topological polar surface area (TPSA) is 34.8 Å². The zero-order valence-corrected chi connectivity index (χ0v) is 16.2. The second kappa shape index (κ2) is 7.41. The van der Waals surface area contributed by atoms with Crippen molar-refractivity contribution < 1.29 is 0 Å². The number of nitrogens with zero attached hydrogens (tertiary/aromatic N) is 3. The van der Waals surface area contributed by atoms with Crippen molar-refractivity contribution in [1.29, 1.82) is 0 Å². The fourth-order valence-electron chi connectivity index (χ4n) is 3.71. The third-order valence-corrected chi connectivity index (χ3v) is 5.09. The van der Waals surface area contributed by atoms with Crippen LogP contribution in [0.3, 0.4) is 0 Å². The van der Waals surface area contributed by atoms with E-state index in [4.69, 9.17) is 0 Å². The van der Waals surface area contributed by atoms with Crippen LogP contribution in [0.25, 0.3) is 16.6 Å². The molecule has 0 saturated heterocycles. The number of aromatic nitrogens is 3. The van der Waals surface area contributed by atoms with E-state index in [2.05, 4.69) is 88.0 Å². The molecule has 27 heavy (non-hydrogen) atoms. The SMILES string of the molecule is Cc1nccn1-c1ccccc1CNCc1cn(C(C)C)c2ccccc12. The Bertz CT molecular complexity index is 1060. The summed E-state index contributed by atoms with van der Waals surface area (Å²) >= 11 is 0. The average molecular weight is 358 g/mol. The van der Waals surface area contributed by atoms with Gasteiger partial charge in [0.1, 0.15) is 5.82 Å². The van der Waals surface area contributed by atoms with E-state index in [9.17, 15) is 0 Å². The fourth-order valence-corrected chi connectivity index (χ4v) is 3.71. The maximum absolute atomic E-state index is 4.36. The van der Waals surface area contributed by atoms with E-state index in [0.29, 0.717) is 6.04 Å². The molecule has 4 rings (SSSR count). The van der Waals surface area contributed by atoms with Gasteiger partial charge >= 0.3 is 0 Å². The predicted molar refractivity (Wildman–Crippen MR) is 111 cm³/mol. The standard InChI is InChI=1S/C23H26N4/c1-17(2)27-16-20(21-9-5-7-11-23(21)27)15-24-14-19-8-4-6-10-22(19)26-13-12-25-18(26)3/h4-13,16-17,24H,14-15H2,1-3H3. The Kier molecular flexibility index (Phi) is 4.82. The maximum Gasteiger partial charge on any atom is 0.110 e. The van der Waals surface area contributed by atoms with Crippen LogP contribution < -0.4 is 5.32 Å². The number of benzene rings is 2. The van der Waals surface area contributed by atoms with Crippen LogP contribution in [0.15, 0.2) is 67.1 Å². The van der Waals surface area contributed by atoms with E-state index < -0.39 is 0 Å². The Morgan fingerprint density at radius 2 is 1.70 bits per heavy atom. The summed E-state index contributed by atoms with van der Waals surface area (Å²) in [6.45, 7) is 8.15. The summed E-state index contributed by atoms with van der Waals surface area (Å²) in [5.41, 5.74) is 5.10. The molecule has 0 saturated carbocycles. The molecule has 2 aromatic carbocycles. The molecule has 0 atom stereocenters. The van der Waals surface area contributed by atoms with Gasteiger partial charge in [0.25, 0.3) is 0 Å². The molecule has 0 radical (unpaired) electrons. The van der Waals surface area contributed by atoms with Gasteiger partial charge in [-0.2, -0.15) is 0 Å². The van der Waals surface area contributed by atoms with Crippen molar-refractivity contribution in [3.8, 4) is 5.69 Å². The summed E-state index contributed by atoms with van der Waals surface area (Å²) in [6, 6.07) is 17.6. The number of hydrogen-bond donors (Lipinski definition) is 1. The van der Waals surface area contributed by atoms with Gasteiger partial charge in [0, 0.05) is 48.6 Å². The zero-order valence-electron chi connectivity index (χ0n) is 16.2. The van der Waals surface area contributed by atoms with Gasteiger partial charge in [-0.15, -0.1) is 0 Å². The molecule has 0 amide bonds. The van der Waals surface area contributed by atoms with Gasteiger partial charge in [0.2, 0.25) is 0 Å². The van der Waals surface area contributed by atoms with Crippen LogP contribution in [-0.4, -0.2) is 14.1 Å². The number of aryl methyl sites for hydroxylation is 1. The lowest BCUT2D eigenvalue weighted by Crippen LogP contribution is -2.14. The fraction of sp³-hybridized carbons (Fsp3) is 0.261. The maximum atomic E-state index is 4.36. The van der Waals surface area contributed by atoms with E-state index in [1.807, 2.05) is 19.3 Å². The van der Waals surface area contributed by atoms with Gasteiger partial charge < -0.3 is 14.5 Å². The van der Waals surface area contributed by atoms with E-state index in [1.165, 1.54) is 27.7 Å². The minimum absolute atomic E-state index is 0.452. The van der Waals surface area contributed by atoms with E-state index >= 15 is 0 Å². The van der Waals surface area contributed by atoms with Crippen molar-refractivity contribution in [2.45, 2.75) is 39.9 Å². The van der Waals surface area contributed by atoms with Crippen LogP contribution in [-0.2, 0) is 13.1 Å². The van der Waals surface area contributed by atoms with E-state index in [1.54, 1.807) is 0 Å². The van der Waals surface area contributed by atoms with E-state index in [0.717, 1.165) is 18.9 Å². The normalized spacial score (nSPS) is 11.6. The van der Waals surface area contributed by atoms with Gasteiger partial charge in [-0.3, -0.25) is 0 Å². The van der Waals surface area contributed by atoms with Crippen molar-refractivity contribution in [3.05, 3.63) is 84.1 Å². The molecule has 0 aliphatic rings. The van der Waals surface area contributed by atoms with Crippen LogP contribution in [0.5, 0.6) is 0 Å². The third kappa shape index (κ3) is 3.40. The summed E-state index contributed by atoms with van der Waals surface area (Å²) in [7, 11) is 0. The lowest BCUT2D eigenvalue weighted by Gasteiger charge is -2.12. The second-order valence-corrected chi connectivity index (χ2v) is 7.25. The van der Waals surface area contributed by atoms with Crippen LogP contribution in [0.2, 0.25) is 0 Å². The molecular formula is C23H26N4. The molecule has 0 aliphatic carbocycles. The molecule has 2 heterocycles. The molecule has 0 fully saturated rings. The van der Waals surface area contributed by atoms with Crippen LogP contribution in [0.1, 0.15) is 36.8 Å². The predicted octanol–water partition coefficient (Wildman–Crippen LogP) is 5.01. The minimum Gasteiger partial charge on any atom is -0.345 e. The highest BCUT2D eigenvalue weighted by Crippen LogP contribution is 2.25. The summed E-state index contributed by atoms with van der Waals surface area (Å²) in [5.74, 6) is 1.00. The Morgan fingerprint density at radius 3 is 2.48 bits per heavy atom. The molecule has 138 valence electrons. The molecule has 0 aliphatic heterocycles. The van der Waals surface area contributed by atoms with E-state index in [-0.39, 0.29) is 0 Å². The van der Waals surface area contributed by atoms with Crippen LogP contribution in [0, 0.1) is 6.92 Å². The molecule has 0 spiro atoms. The number of nitrogens with one attached hydrogen (secondary N) is 1. The summed E-state index contributed by atoms with van der Waals surface area (Å²) in [4.78, 5) is 4.36. The first-order valence-corrected chi connectivity index (χ1v) is 9.52. The Hall–Kier alpha value is -2.85. The number of rotatable bonds is 6. The Labute approximate surface area is 160 Å². The Balaban J connectivity index is 1.55. The number of imidazole rings is 1. The summed E-state index contributed by atoms with van der Waals surface area (Å²) < 4.78 is 4.50. The highest BCUT2D eigenvalue weighted by atomic mass is 15.1. The van der Waals surface area contributed by atoms with Crippen LogP contribution in [0.4, 0.5) is 0 Å². The first kappa shape index (κ1) is 17.6. The molecule has 4 aromatic rings. The molecule has 1 N–H and O–H groups in total. The highest BCUT2D eigenvalue weighted by molar-refractivity contribution is 5.84. The van der Waals surface area contributed by atoms with Crippen molar-refractivity contribution in [2.24, 2.45) is 0 Å². The summed E-state index contributed by atoms with van der Waals surface area (Å²) in [6.07, 6.45) is 6.15. The third-order valence-electron chi connectivity index (χ3n) is 5.09. The Morgan fingerprint density at radius 1 is 0.963 bits per heavy atom. The lowest BCUT2D eigenvalue weighted by atomic mass is 10.1. The van der Waals surface area contributed by atoms with Gasteiger partial charge in [0.05, 0.1) is 5.69 Å². The zero-order chi connectivity index (χ0) is 18.8. The number of fused-ring (bicyclic) bond motifs is 1. The molecule has 0 unspecified atom stereocenters. The molecule has 2 aromatic heterocycles. The number of para-hydroxylation sites is 2. The number of hydrogen-bond acceptors (Lipinski definition) is 2. The highest BCUT2D eigenvalue weighted by Gasteiger charge is 2.11. The largest absolute Gasteiger partial charge is 0.345 e. The van der Waals surface area contributed by atoms with Crippen molar-refractivity contribution >= 4 is 10.9 Å². The lowest BCUT2D eigenvalue weighted by molar-refractivity contribution is 0.616. The molecular weight excluding hydrogens is 332 g/mol. The summed E-state index contributed by atoms with van der Waals surface area (Å²) in [5, 5.41) is 4.97. The second-order valence-electron chi connectivity index (χ2n) is 7.25. The van der Waals surface area contributed by atoms with Gasteiger partial charge in [-0.25, -0.2) is 4.98 Å². The van der Waals surface area contributed by atoms with Gasteiger partial charge in [0.15, 0.2) is 0 Å². The van der Waals surface area contributed by atoms with Crippen molar-refractivity contribution in [3.63, 3.8) is 0 Å². The van der Waals surface area contributed by atoms with Gasteiger partial charge in [-0.1, -0.05) is 36.4 Å². The molecule has 4 heteroatoms. The minimum atomic E-state index is 0.452. The molecule has 4 nitrogen and oxygen atoms in total. The first-order chi connectivity index (χ1) is 13.1. The molecule has 0 bridgehead atoms. The smallest absolute Gasteiger partial charge is 0.110 e. The van der Waals surface area contributed by atoms with Gasteiger partial charge in [-0.05, 0) is 44.0 Å². The van der Waals surface area contributed by atoms with Crippen molar-refractivity contribution in [2.75, 3.05) is 0 Å². The first-order valence-electron chi connectivity index (χ1n) is 9.52.